The molecule has 2 saturated carbocycles. The van der Waals surface area contributed by atoms with Crippen LogP contribution in [0.5, 0.6) is 0 Å². The van der Waals surface area contributed by atoms with Gasteiger partial charge in [0, 0.05) is 25.2 Å². The van der Waals surface area contributed by atoms with Crippen LogP contribution in [-0.2, 0) is 4.74 Å². The van der Waals surface area contributed by atoms with Gasteiger partial charge in [0.2, 0.25) is 0 Å². The third kappa shape index (κ3) is 4.71. The van der Waals surface area contributed by atoms with Crippen LogP contribution in [-0.4, -0.2) is 43.8 Å². The molecule has 0 aromatic heterocycles. The minimum Gasteiger partial charge on any atom is -0.380 e. The second-order valence-electron chi connectivity index (χ2n) is 8.11. The van der Waals surface area contributed by atoms with Gasteiger partial charge >= 0.3 is 0 Å². The Morgan fingerprint density at radius 1 is 1.15 bits per heavy atom. The number of hydrogen-bond acceptors (Lipinski definition) is 3. The van der Waals surface area contributed by atoms with Crippen LogP contribution in [0.15, 0.2) is 0 Å². The second-order valence-corrected chi connectivity index (χ2v) is 8.11. The van der Waals surface area contributed by atoms with Crippen LogP contribution in [0.2, 0.25) is 0 Å². The predicted molar refractivity (Wildman–Crippen MR) is 84.7 cm³/mol. The minimum atomic E-state index is 0.335. The summed E-state index contributed by atoms with van der Waals surface area (Å²) in [5, 5.41) is 0. The summed E-state index contributed by atoms with van der Waals surface area (Å²) in [5.74, 6) is 1.66. The standard InChI is InChI=1S/C17H34N2O/c1-17(2,3)14-7-8-15(18)16(11-14)19(4)9-10-20-12-13-5-6-13/h13-16H,5-12,18H2,1-4H3. The molecule has 0 amide bonds. The fourth-order valence-corrected chi connectivity index (χ4v) is 3.37. The van der Waals surface area contributed by atoms with Crippen LogP contribution < -0.4 is 5.73 Å². The van der Waals surface area contributed by atoms with E-state index < -0.39 is 0 Å². The zero-order chi connectivity index (χ0) is 14.8. The van der Waals surface area contributed by atoms with E-state index in [1.807, 2.05) is 0 Å². The maximum Gasteiger partial charge on any atom is 0.0593 e. The van der Waals surface area contributed by atoms with Gasteiger partial charge in [-0.3, -0.25) is 4.90 Å². The first-order chi connectivity index (χ1) is 9.38. The highest BCUT2D eigenvalue weighted by molar-refractivity contribution is 4.91. The van der Waals surface area contributed by atoms with E-state index in [4.69, 9.17) is 10.5 Å². The summed E-state index contributed by atoms with van der Waals surface area (Å²) in [7, 11) is 2.22. The average Bonchev–Trinajstić information content (AvgIpc) is 3.17. The molecule has 3 atom stereocenters. The van der Waals surface area contributed by atoms with Crippen molar-refractivity contribution in [3.8, 4) is 0 Å². The van der Waals surface area contributed by atoms with Crippen LogP contribution >= 0.6 is 0 Å². The summed E-state index contributed by atoms with van der Waals surface area (Å²) in [4.78, 5) is 2.44. The minimum absolute atomic E-state index is 0.335. The fraction of sp³-hybridized carbons (Fsp3) is 1.00. The van der Waals surface area contributed by atoms with E-state index in [1.54, 1.807) is 0 Å². The van der Waals surface area contributed by atoms with Gasteiger partial charge < -0.3 is 10.5 Å². The number of likely N-dealkylation sites (N-methyl/N-ethyl adjacent to an activating group) is 1. The van der Waals surface area contributed by atoms with Gasteiger partial charge in [0.05, 0.1) is 6.61 Å². The van der Waals surface area contributed by atoms with Gasteiger partial charge in [-0.05, 0) is 56.4 Å². The molecule has 0 saturated heterocycles. The van der Waals surface area contributed by atoms with E-state index >= 15 is 0 Å². The molecular weight excluding hydrogens is 248 g/mol. The van der Waals surface area contributed by atoms with Gasteiger partial charge in [-0.15, -0.1) is 0 Å². The molecule has 0 aromatic rings. The highest BCUT2D eigenvalue weighted by atomic mass is 16.5. The van der Waals surface area contributed by atoms with Crippen molar-refractivity contribution in [1.82, 2.24) is 4.90 Å². The summed E-state index contributed by atoms with van der Waals surface area (Å²) >= 11 is 0. The zero-order valence-electron chi connectivity index (χ0n) is 13.9. The molecule has 3 nitrogen and oxygen atoms in total. The summed E-state index contributed by atoms with van der Waals surface area (Å²) < 4.78 is 5.77. The summed E-state index contributed by atoms with van der Waals surface area (Å²) in [5.41, 5.74) is 6.77. The molecule has 2 aliphatic carbocycles. The quantitative estimate of drug-likeness (QED) is 0.761. The van der Waals surface area contributed by atoms with Crippen molar-refractivity contribution in [3.63, 3.8) is 0 Å². The molecule has 0 spiro atoms. The Bertz CT molecular complexity index is 296. The van der Waals surface area contributed by atoms with E-state index in [-0.39, 0.29) is 0 Å². The maximum absolute atomic E-state index is 6.37. The Hall–Kier alpha value is -0.120. The summed E-state index contributed by atoms with van der Waals surface area (Å²) in [6.07, 6.45) is 6.43. The first-order valence-electron chi connectivity index (χ1n) is 8.41. The first-order valence-corrected chi connectivity index (χ1v) is 8.41. The number of nitrogens with two attached hydrogens (primary N) is 1. The number of rotatable bonds is 6. The molecule has 2 N–H and O–H groups in total. The number of hydrogen-bond donors (Lipinski definition) is 1. The van der Waals surface area contributed by atoms with Gasteiger partial charge in [0.15, 0.2) is 0 Å². The molecule has 2 aliphatic rings. The third-order valence-electron chi connectivity index (χ3n) is 5.30. The van der Waals surface area contributed by atoms with Crippen LogP contribution in [0.25, 0.3) is 0 Å². The molecule has 0 aromatic carbocycles. The molecule has 3 heteroatoms. The molecule has 0 heterocycles. The molecule has 0 radical (unpaired) electrons. The number of ether oxygens (including phenoxy) is 1. The Balaban J connectivity index is 1.75. The summed E-state index contributed by atoms with van der Waals surface area (Å²) in [6.45, 7) is 9.94. The van der Waals surface area contributed by atoms with E-state index in [0.29, 0.717) is 17.5 Å². The third-order valence-corrected chi connectivity index (χ3v) is 5.30. The molecule has 118 valence electrons. The van der Waals surface area contributed by atoms with Gasteiger partial charge in [-0.2, -0.15) is 0 Å². The Morgan fingerprint density at radius 2 is 1.85 bits per heavy atom. The lowest BCUT2D eigenvalue weighted by molar-refractivity contribution is 0.0526. The van der Waals surface area contributed by atoms with E-state index in [1.165, 1.54) is 32.1 Å². The van der Waals surface area contributed by atoms with Crippen molar-refractivity contribution in [1.29, 1.82) is 0 Å². The summed E-state index contributed by atoms with van der Waals surface area (Å²) in [6, 6.07) is 0.861. The van der Waals surface area contributed by atoms with Crippen LogP contribution in [0.1, 0.15) is 52.9 Å². The highest BCUT2D eigenvalue weighted by Gasteiger charge is 2.36. The maximum atomic E-state index is 6.37. The monoisotopic (exact) mass is 282 g/mol. The lowest BCUT2D eigenvalue weighted by Crippen LogP contribution is -2.52. The molecule has 0 aliphatic heterocycles. The lowest BCUT2D eigenvalue weighted by Gasteiger charge is -2.44. The Labute approximate surface area is 125 Å². The largest absolute Gasteiger partial charge is 0.380 e. The topological polar surface area (TPSA) is 38.5 Å². The van der Waals surface area contributed by atoms with Crippen molar-refractivity contribution >= 4 is 0 Å². The van der Waals surface area contributed by atoms with Gasteiger partial charge in [-0.1, -0.05) is 20.8 Å². The molecule has 2 fully saturated rings. The van der Waals surface area contributed by atoms with Crippen molar-refractivity contribution < 1.29 is 4.74 Å². The van der Waals surface area contributed by atoms with E-state index in [9.17, 15) is 0 Å². The van der Waals surface area contributed by atoms with E-state index in [0.717, 1.165) is 31.6 Å². The van der Waals surface area contributed by atoms with Crippen LogP contribution in [0.4, 0.5) is 0 Å². The predicted octanol–water partition coefficient (Wildman–Crippen LogP) is 2.89. The molecule has 3 unspecified atom stereocenters. The molecule has 0 bridgehead atoms. The van der Waals surface area contributed by atoms with Crippen molar-refractivity contribution in [2.45, 2.75) is 65.0 Å². The molecular formula is C17H34N2O. The van der Waals surface area contributed by atoms with Crippen LogP contribution in [0, 0.1) is 17.3 Å². The highest BCUT2D eigenvalue weighted by Crippen LogP contribution is 2.38. The SMILES string of the molecule is CN(CCOCC1CC1)C1CC(C(C)(C)C)CCC1N. The van der Waals surface area contributed by atoms with Gasteiger partial charge in [0.25, 0.3) is 0 Å². The normalized spacial score (nSPS) is 31.8. The van der Waals surface area contributed by atoms with E-state index in [2.05, 4.69) is 32.7 Å². The van der Waals surface area contributed by atoms with Gasteiger partial charge in [0.1, 0.15) is 0 Å². The fourth-order valence-electron chi connectivity index (χ4n) is 3.37. The second kappa shape index (κ2) is 6.76. The Kier molecular flexibility index (Phi) is 5.49. The van der Waals surface area contributed by atoms with Crippen LogP contribution in [0.3, 0.4) is 0 Å². The van der Waals surface area contributed by atoms with Crippen molar-refractivity contribution in [2.75, 3.05) is 26.8 Å². The lowest BCUT2D eigenvalue weighted by atomic mass is 9.69. The number of nitrogens with zero attached hydrogens (tertiary/aromatic N) is 1. The smallest absolute Gasteiger partial charge is 0.0593 e. The van der Waals surface area contributed by atoms with Crippen molar-refractivity contribution in [2.24, 2.45) is 23.0 Å². The first kappa shape index (κ1) is 16.3. The molecule has 20 heavy (non-hydrogen) atoms. The van der Waals surface area contributed by atoms with Crippen molar-refractivity contribution in [3.05, 3.63) is 0 Å². The van der Waals surface area contributed by atoms with Gasteiger partial charge in [-0.25, -0.2) is 0 Å². The zero-order valence-corrected chi connectivity index (χ0v) is 13.9. The average molecular weight is 282 g/mol. The molecule has 2 rings (SSSR count). The Morgan fingerprint density at radius 3 is 2.45 bits per heavy atom.